The van der Waals surface area contributed by atoms with Gasteiger partial charge in [-0.1, -0.05) is 0 Å². The molecule has 2 heterocycles. The number of hydrogen-bond acceptors (Lipinski definition) is 5. The van der Waals surface area contributed by atoms with Gasteiger partial charge in [-0.3, -0.25) is 9.59 Å². The summed E-state index contributed by atoms with van der Waals surface area (Å²) in [6, 6.07) is 1.74. The summed E-state index contributed by atoms with van der Waals surface area (Å²) in [4.78, 5) is 25.2. The average Bonchev–Trinajstić information content (AvgIpc) is 2.62. The van der Waals surface area contributed by atoms with E-state index in [1.807, 2.05) is 6.92 Å². The second-order valence-electron chi connectivity index (χ2n) is 4.04. The standard InChI is InChI=1S/C11H15N3O3S/c1-8-7-9(18-13-8)12-10(15)11(16)14-3-2-5-17-6-4-14/h7H,2-6H2,1H3,(H,12,15). The Morgan fingerprint density at radius 2 is 2.28 bits per heavy atom. The van der Waals surface area contributed by atoms with Crippen molar-refractivity contribution < 1.29 is 14.3 Å². The van der Waals surface area contributed by atoms with Gasteiger partial charge in [0.25, 0.3) is 0 Å². The first-order chi connectivity index (χ1) is 8.66. The SMILES string of the molecule is Cc1cc(NC(=O)C(=O)N2CCCOCC2)sn1. The maximum absolute atomic E-state index is 11.9. The fourth-order valence-electron chi connectivity index (χ4n) is 1.68. The van der Waals surface area contributed by atoms with E-state index in [1.165, 1.54) is 16.4 Å². The highest BCUT2D eigenvalue weighted by molar-refractivity contribution is 7.10. The lowest BCUT2D eigenvalue weighted by molar-refractivity contribution is -0.143. The molecule has 1 aromatic rings. The summed E-state index contributed by atoms with van der Waals surface area (Å²) in [5.74, 6) is -1.12. The molecule has 1 aromatic heterocycles. The number of aryl methyl sites for hydroxylation is 1. The van der Waals surface area contributed by atoms with Gasteiger partial charge in [-0.25, -0.2) is 0 Å². The van der Waals surface area contributed by atoms with Crippen molar-refractivity contribution in [2.24, 2.45) is 0 Å². The molecule has 0 spiro atoms. The zero-order valence-corrected chi connectivity index (χ0v) is 11.0. The number of rotatable bonds is 1. The summed E-state index contributed by atoms with van der Waals surface area (Å²) in [7, 11) is 0. The summed E-state index contributed by atoms with van der Waals surface area (Å²) in [5, 5.41) is 3.16. The molecular formula is C11H15N3O3S. The molecule has 0 aliphatic carbocycles. The number of aromatic nitrogens is 1. The number of nitrogens with zero attached hydrogens (tertiary/aromatic N) is 2. The Labute approximate surface area is 109 Å². The zero-order chi connectivity index (χ0) is 13.0. The van der Waals surface area contributed by atoms with E-state index in [-0.39, 0.29) is 0 Å². The van der Waals surface area contributed by atoms with E-state index < -0.39 is 11.8 Å². The predicted octanol–water partition coefficient (Wildman–Crippen LogP) is 0.639. The Kier molecular flexibility index (Phi) is 4.27. The normalized spacial score (nSPS) is 16.2. The smallest absolute Gasteiger partial charge is 0.314 e. The van der Waals surface area contributed by atoms with Crippen LogP contribution in [-0.2, 0) is 14.3 Å². The van der Waals surface area contributed by atoms with Crippen molar-refractivity contribution in [3.8, 4) is 0 Å². The van der Waals surface area contributed by atoms with E-state index in [1.54, 1.807) is 6.07 Å². The van der Waals surface area contributed by atoms with E-state index in [9.17, 15) is 9.59 Å². The topological polar surface area (TPSA) is 71.5 Å². The quantitative estimate of drug-likeness (QED) is 0.759. The third-order valence-corrected chi connectivity index (χ3v) is 3.36. The van der Waals surface area contributed by atoms with Gasteiger partial charge in [0.15, 0.2) is 0 Å². The molecule has 0 bridgehead atoms. The highest BCUT2D eigenvalue weighted by Crippen LogP contribution is 2.15. The van der Waals surface area contributed by atoms with Crippen LogP contribution in [0.4, 0.5) is 5.00 Å². The van der Waals surface area contributed by atoms with Crippen LogP contribution in [0.2, 0.25) is 0 Å². The summed E-state index contributed by atoms with van der Waals surface area (Å²) in [5.41, 5.74) is 0.825. The highest BCUT2D eigenvalue weighted by Gasteiger charge is 2.23. The first-order valence-electron chi connectivity index (χ1n) is 5.78. The van der Waals surface area contributed by atoms with Gasteiger partial charge in [0.1, 0.15) is 5.00 Å². The van der Waals surface area contributed by atoms with E-state index >= 15 is 0 Å². The van der Waals surface area contributed by atoms with Gasteiger partial charge in [0.05, 0.1) is 12.3 Å². The van der Waals surface area contributed by atoms with E-state index in [4.69, 9.17) is 4.74 Å². The monoisotopic (exact) mass is 269 g/mol. The lowest BCUT2D eigenvalue weighted by Gasteiger charge is -2.18. The summed E-state index contributed by atoms with van der Waals surface area (Å²) < 4.78 is 9.28. The Morgan fingerprint density at radius 3 is 3.00 bits per heavy atom. The first kappa shape index (κ1) is 13.0. The minimum Gasteiger partial charge on any atom is -0.380 e. The molecular weight excluding hydrogens is 254 g/mol. The number of carbonyl (C=O) groups is 2. The largest absolute Gasteiger partial charge is 0.380 e. The van der Waals surface area contributed by atoms with E-state index in [0.29, 0.717) is 31.3 Å². The van der Waals surface area contributed by atoms with Crippen molar-refractivity contribution in [1.29, 1.82) is 0 Å². The molecule has 2 rings (SSSR count). The molecule has 1 aliphatic rings. The van der Waals surface area contributed by atoms with Crippen LogP contribution in [0.25, 0.3) is 0 Å². The van der Waals surface area contributed by atoms with Crippen molar-refractivity contribution in [2.75, 3.05) is 31.6 Å². The van der Waals surface area contributed by atoms with Crippen molar-refractivity contribution in [2.45, 2.75) is 13.3 Å². The molecule has 98 valence electrons. The third kappa shape index (κ3) is 3.27. The van der Waals surface area contributed by atoms with Crippen LogP contribution in [-0.4, -0.2) is 47.4 Å². The van der Waals surface area contributed by atoms with Crippen LogP contribution in [0, 0.1) is 6.92 Å². The number of ether oxygens (including phenoxy) is 1. The molecule has 1 N–H and O–H groups in total. The Bertz CT molecular complexity index is 438. The maximum atomic E-state index is 11.9. The summed E-state index contributed by atoms with van der Waals surface area (Å²) >= 11 is 1.17. The van der Waals surface area contributed by atoms with Gasteiger partial charge in [0.2, 0.25) is 0 Å². The van der Waals surface area contributed by atoms with Crippen molar-refractivity contribution in [3.05, 3.63) is 11.8 Å². The minimum atomic E-state index is -0.611. The second kappa shape index (κ2) is 5.92. The van der Waals surface area contributed by atoms with Gasteiger partial charge in [-0.05, 0) is 30.9 Å². The number of anilines is 1. The molecule has 1 fully saturated rings. The Balaban J connectivity index is 1.93. The number of amides is 2. The molecule has 1 saturated heterocycles. The molecule has 6 nitrogen and oxygen atoms in total. The van der Waals surface area contributed by atoms with Crippen LogP contribution in [0.1, 0.15) is 12.1 Å². The van der Waals surface area contributed by atoms with Crippen LogP contribution in [0.15, 0.2) is 6.07 Å². The van der Waals surface area contributed by atoms with Gasteiger partial charge in [-0.15, -0.1) is 0 Å². The van der Waals surface area contributed by atoms with Gasteiger partial charge >= 0.3 is 11.8 Å². The van der Waals surface area contributed by atoms with Crippen LogP contribution in [0.5, 0.6) is 0 Å². The Morgan fingerprint density at radius 1 is 1.44 bits per heavy atom. The van der Waals surface area contributed by atoms with Crippen LogP contribution < -0.4 is 5.32 Å². The van der Waals surface area contributed by atoms with Gasteiger partial charge in [-0.2, -0.15) is 4.37 Å². The molecule has 2 amide bonds. The number of nitrogens with one attached hydrogen (secondary N) is 1. The number of carbonyl (C=O) groups excluding carboxylic acids is 2. The lowest BCUT2D eigenvalue weighted by atomic mass is 10.3. The van der Waals surface area contributed by atoms with Crippen LogP contribution >= 0.6 is 11.5 Å². The summed E-state index contributed by atoms with van der Waals surface area (Å²) in [6.07, 6.45) is 0.763. The minimum absolute atomic E-state index is 0.466. The first-order valence-corrected chi connectivity index (χ1v) is 6.55. The molecule has 7 heteroatoms. The van der Waals surface area contributed by atoms with Crippen molar-refractivity contribution >= 4 is 28.3 Å². The molecule has 0 saturated carbocycles. The molecule has 0 aromatic carbocycles. The van der Waals surface area contributed by atoms with E-state index in [0.717, 1.165) is 12.1 Å². The van der Waals surface area contributed by atoms with Gasteiger partial charge < -0.3 is 15.0 Å². The molecule has 0 atom stereocenters. The highest BCUT2D eigenvalue weighted by atomic mass is 32.1. The van der Waals surface area contributed by atoms with Crippen LogP contribution in [0.3, 0.4) is 0 Å². The third-order valence-electron chi connectivity index (χ3n) is 2.57. The predicted molar refractivity (Wildman–Crippen MR) is 67.5 cm³/mol. The van der Waals surface area contributed by atoms with Crippen molar-refractivity contribution in [3.63, 3.8) is 0 Å². The Hall–Kier alpha value is -1.47. The second-order valence-corrected chi connectivity index (χ2v) is 4.85. The number of hydrogen-bond donors (Lipinski definition) is 1. The molecule has 18 heavy (non-hydrogen) atoms. The zero-order valence-electron chi connectivity index (χ0n) is 10.1. The fourth-order valence-corrected chi connectivity index (χ4v) is 2.34. The molecule has 1 aliphatic heterocycles. The van der Waals surface area contributed by atoms with E-state index in [2.05, 4.69) is 9.69 Å². The van der Waals surface area contributed by atoms with Gasteiger partial charge in [0, 0.05) is 19.7 Å². The maximum Gasteiger partial charge on any atom is 0.314 e. The summed E-state index contributed by atoms with van der Waals surface area (Å²) in [6.45, 7) is 3.99. The lowest BCUT2D eigenvalue weighted by Crippen LogP contribution is -2.40. The average molecular weight is 269 g/mol. The molecule has 0 radical (unpaired) electrons. The fraction of sp³-hybridized carbons (Fsp3) is 0.545. The van der Waals surface area contributed by atoms with Crippen molar-refractivity contribution in [1.82, 2.24) is 9.27 Å². The molecule has 0 unspecified atom stereocenters.